The number of primary sulfonamides is 1. The minimum absolute atomic E-state index is 0.0108. The first-order chi connectivity index (χ1) is 5.95. The van der Waals surface area contributed by atoms with Gasteiger partial charge < -0.3 is 5.73 Å². The number of aldehydes is 1. The fraction of sp³-hybridized carbons (Fsp3) is 0. The summed E-state index contributed by atoms with van der Waals surface area (Å²) in [5.74, 6) is 0. The lowest BCUT2D eigenvalue weighted by molar-refractivity contribution is 0.112. The Kier molecular flexibility index (Phi) is 2.35. The highest BCUT2D eigenvalue weighted by Crippen LogP contribution is 2.15. The van der Waals surface area contributed by atoms with Crippen LogP contribution in [0, 0.1) is 0 Å². The van der Waals surface area contributed by atoms with Crippen molar-refractivity contribution in [3.05, 3.63) is 23.8 Å². The third-order valence-corrected chi connectivity index (χ3v) is 2.44. The molecule has 0 aliphatic rings. The van der Waals surface area contributed by atoms with Gasteiger partial charge >= 0.3 is 0 Å². The van der Waals surface area contributed by atoms with E-state index in [1.165, 1.54) is 12.1 Å². The molecule has 0 heterocycles. The average molecular weight is 200 g/mol. The quantitative estimate of drug-likeness (QED) is 0.506. The van der Waals surface area contributed by atoms with Gasteiger partial charge in [0.15, 0.2) is 6.29 Å². The Bertz CT molecular complexity index is 439. The van der Waals surface area contributed by atoms with Crippen LogP contribution in [0.1, 0.15) is 10.4 Å². The van der Waals surface area contributed by atoms with Crippen molar-refractivity contribution in [1.82, 2.24) is 0 Å². The van der Waals surface area contributed by atoms with Crippen molar-refractivity contribution in [2.45, 2.75) is 4.90 Å². The highest BCUT2D eigenvalue weighted by Gasteiger charge is 2.13. The van der Waals surface area contributed by atoms with E-state index < -0.39 is 10.0 Å². The van der Waals surface area contributed by atoms with Crippen LogP contribution in [0.4, 0.5) is 5.69 Å². The zero-order chi connectivity index (χ0) is 10.1. The van der Waals surface area contributed by atoms with Crippen molar-refractivity contribution < 1.29 is 13.2 Å². The van der Waals surface area contributed by atoms with E-state index in [0.717, 1.165) is 6.07 Å². The van der Waals surface area contributed by atoms with Crippen LogP contribution in [-0.4, -0.2) is 14.7 Å². The molecule has 6 heteroatoms. The van der Waals surface area contributed by atoms with Gasteiger partial charge in [0.05, 0.1) is 4.90 Å². The van der Waals surface area contributed by atoms with Gasteiger partial charge in [0.1, 0.15) is 0 Å². The van der Waals surface area contributed by atoms with Crippen LogP contribution in [-0.2, 0) is 10.0 Å². The van der Waals surface area contributed by atoms with Crippen molar-refractivity contribution in [2.24, 2.45) is 5.14 Å². The lowest BCUT2D eigenvalue weighted by Gasteiger charge is -2.02. The first-order valence-corrected chi connectivity index (χ1v) is 4.87. The maximum absolute atomic E-state index is 10.9. The Morgan fingerprint density at radius 2 is 1.92 bits per heavy atom. The lowest BCUT2D eigenvalue weighted by atomic mass is 10.2. The maximum Gasteiger partial charge on any atom is 0.238 e. The Balaban J connectivity index is 3.50. The van der Waals surface area contributed by atoms with Gasteiger partial charge in [0, 0.05) is 11.3 Å². The highest BCUT2D eigenvalue weighted by atomic mass is 32.2. The molecule has 0 amide bonds. The molecule has 0 saturated heterocycles. The van der Waals surface area contributed by atoms with Gasteiger partial charge in [-0.15, -0.1) is 0 Å². The molecule has 1 aromatic carbocycles. The van der Waals surface area contributed by atoms with Gasteiger partial charge in [-0.05, 0) is 18.2 Å². The van der Waals surface area contributed by atoms with E-state index in [-0.39, 0.29) is 16.1 Å². The van der Waals surface area contributed by atoms with E-state index in [0.29, 0.717) is 6.29 Å². The summed E-state index contributed by atoms with van der Waals surface area (Å²) in [4.78, 5) is 10.2. The number of nitrogens with two attached hydrogens (primary N) is 2. The van der Waals surface area contributed by atoms with Crippen LogP contribution < -0.4 is 10.9 Å². The van der Waals surface area contributed by atoms with Gasteiger partial charge in [-0.1, -0.05) is 0 Å². The van der Waals surface area contributed by atoms with Gasteiger partial charge in [0.2, 0.25) is 10.0 Å². The number of anilines is 1. The lowest BCUT2D eigenvalue weighted by Crippen LogP contribution is -2.14. The molecule has 1 aromatic rings. The summed E-state index contributed by atoms with van der Waals surface area (Å²) in [6, 6.07) is 3.89. The minimum atomic E-state index is -3.88. The normalized spacial score (nSPS) is 11.2. The zero-order valence-corrected chi connectivity index (χ0v) is 7.41. The number of sulfonamides is 1. The molecule has 0 aliphatic carbocycles. The molecule has 70 valence electrons. The van der Waals surface area contributed by atoms with E-state index in [9.17, 15) is 13.2 Å². The zero-order valence-electron chi connectivity index (χ0n) is 6.60. The Labute approximate surface area is 75.4 Å². The van der Waals surface area contributed by atoms with E-state index in [1.54, 1.807) is 0 Å². The largest absolute Gasteiger partial charge is 0.399 e. The maximum atomic E-state index is 10.9. The molecule has 1 rings (SSSR count). The molecule has 4 N–H and O–H groups in total. The van der Waals surface area contributed by atoms with Gasteiger partial charge in [-0.3, -0.25) is 4.79 Å². The smallest absolute Gasteiger partial charge is 0.238 e. The molecule has 0 fully saturated rings. The first-order valence-electron chi connectivity index (χ1n) is 3.32. The number of benzene rings is 1. The van der Waals surface area contributed by atoms with Crippen LogP contribution in [0.25, 0.3) is 0 Å². The minimum Gasteiger partial charge on any atom is -0.399 e. The monoisotopic (exact) mass is 200 g/mol. The van der Waals surface area contributed by atoms with Gasteiger partial charge in [-0.25, -0.2) is 13.6 Å². The number of carbonyl (C=O) groups excluding carboxylic acids is 1. The number of hydrogen-bond acceptors (Lipinski definition) is 4. The average Bonchev–Trinajstić information content (AvgIpc) is 2.03. The molecule has 0 atom stereocenters. The summed E-state index contributed by atoms with van der Waals surface area (Å²) in [6.07, 6.45) is 0.416. The molecule has 0 bridgehead atoms. The summed E-state index contributed by atoms with van der Waals surface area (Å²) in [6.45, 7) is 0. The number of hydrogen-bond donors (Lipinski definition) is 2. The van der Waals surface area contributed by atoms with Crippen molar-refractivity contribution in [2.75, 3.05) is 5.73 Å². The van der Waals surface area contributed by atoms with Crippen LogP contribution in [0.5, 0.6) is 0 Å². The third-order valence-electron chi connectivity index (χ3n) is 1.47. The predicted molar refractivity (Wildman–Crippen MR) is 47.6 cm³/mol. The molecular formula is C7H8N2O3S. The summed E-state index contributed by atoms with van der Waals surface area (Å²) >= 11 is 0. The molecule has 5 nitrogen and oxygen atoms in total. The summed E-state index contributed by atoms with van der Waals surface area (Å²) in [5.41, 5.74) is 5.60. The van der Waals surface area contributed by atoms with Gasteiger partial charge in [0.25, 0.3) is 0 Å². The van der Waals surface area contributed by atoms with E-state index >= 15 is 0 Å². The second-order valence-electron chi connectivity index (χ2n) is 2.46. The van der Waals surface area contributed by atoms with Crippen molar-refractivity contribution in [3.8, 4) is 0 Å². The molecule has 0 unspecified atom stereocenters. The van der Waals surface area contributed by atoms with E-state index in [2.05, 4.69) is 0 Å². The first kappa shape index (κ1) is 9.69. The second-order valence-corrected chi connectivity index (χ2v) is 3.99. The molecule has 0 radical (unpaired) electrons. The summed E-state index contributed by atoms with van der Waals surface area (Å²) in [7, 11) is -3.88. The molecule has 0 spiro atoms. The van der Waals surface area contributed by atoms with Gasteiger partial charge in [-0.2, -0.15) is 0 Å². The fourth-order valence-electron chi connectivity index (χ4n) is 0.895. The third kappa shape index (κ3) is 2.04. The standard InChI is InChI=1S/C7H8N2O3S/c8-6-2-1-5(4-10)7(3-6)13(9,11)12/h1-4H,8H2,(H2,9,11,12). The Morgan fingerprint density at radius 1 is 1.31 bits per heavy atom. The SMILES string of the molecule is Nc1ccc(C=O)c(S(N)(=O)=O)c1. The van der Waals surface area contributed by atoms with Crippen molar-refractivity contribution in [1.29, 1.82) is 0 Å². The Morgan fingerprint density at radius 3 is 2.38 bits per heavy atom. The molecule has 0 aromatic heterocycles. The molecule has 0 saturated carbocycles. The predicted octanol–water partition coefficient (Wildman–Crippen LogP) is -0.271. The summed E-state index contributed by atoms with van der Waals surface area (Å²) < 4.78 is 21.9. The van der Waals surface area contributed by atoms with Crippen LogP contribution in [0.15, 0.2) is 23.1 Å². The number of nitrogen functional groups attached to an aromatic ring is 1. The van der Waals surface area contributed by atoms with E-state index in [4.69, 9.17) is 10.9 Å². The topological polar surface area (TPSA) is 103 Å². The molecule has 13 heavy (non-hydrogen) atoms. The van der Waals surface area contributed by atoms with Crippen LogP contribution in [0.2, 0.25) is 0 Å². The Hall–Kier alpha value is -1.40. The van der Waals surface area contributed by atoms with Crippen molar-refractivity contribution >= 4 is 22.0 Å². The van der Waals surface area contributed by atoms with Crippen LogP contribution in [0.3, 0.4) is 0 Å². The number of carbonyl (C=O) groups is 1. The molecular weight excluding hydrogens is 192 g/mol. The highest BCUT2D eigenvalue weighted by molar-refractivity contribution is 7.89. The molecule has 0 aliphatic heterocycles. The summed E-state index contributed by atoms with van der Waals surface area (Å²) in [5, 5.41) is 4.86. The van der Waals surface area contributed by atoms with Crippen LogP contribution >= 0.6 is 0 Å². The second kappa shape index (κ2) is 3.15. The number of rotatable bonds is 2. The van der Waals surface area contributed by atoms with E-state index in [1.807, 2.05) is 0 Å². The fourth-order valence-corrected chi connectivity index (χ4v) is 1.64. The van der Waals surface area contributed by atoms with Crippen molar-refractivity contribution in [3.63, 3.8) is 0 Å².